The molecule has 1 saturated heterocycles. The number of hydrogen-bond acceptors (Lipinski definition) is 2. The molecule has 0 N–H and O–H groups in total. The van der Waals surface area contributed by atoms with Gasteiger partial charge in [-0.25, -0.2) is 0 Å². The van der Waals surface area contributed by atoms with E-state index in [2.05, 4.69) is 34.7 Å². The summed E-state index contributed by atoms with van der Waals surface area (Å²) in [5, 5.41) is 0. The van der Waals surface area contributed by atoms with Crippen molar-refractivity contribution >= 4 is 21.8 Å². The summed E-state index contributed by atoms with van der Waals surface area (Å²) in [6, 6.07) is 0. The van der Waals surface area contributed by atoms with Gasteiger partial charge in [-0.15, -0.1) is 0 Å². The number of hydrogen-bond donors (Lipinski definition) is 0. The summed E-state index contributed by atoms with van der Waals surface area (Å²) in [7, 11) is 0. The summed E-state index contributed by atoms with van der Waals surface area (Å²) in [6.45, 7) is 9.19. The molecule has 3 nitrogen and oxygen atoms in total. The zero-order chi connectivity index (χ0) is 10.6. The lowest BCUT2D eigenvalue weighted by molar-refractivity contribution is -0.127. The number of amides is 1. The van der Waals surface area contributed by atoms with E-state index in [4.69, 9.17) is 0 Å². The highest BCUT2D eigenvalue weighted by Crippen LogP contribution is 2.17. The third kappa shape index (κ3) is 3.24. The van der Waals surface area contributed by atoms with Crippen molar-refractivity contribution in [2.24, 2.45) is 0 Å². The number of carbonyl (C=O) groups excluding carboxylic acids is 1. The van der Waals surface area contributed by atoms with Crippen LogP contribution < -0.4 is 0 Å². The Morgan fingerprint density at radius 2 is 2.14 bits per heavy atom. The van der Waals surface area contributed by atoms with E-state index in [1.165, 1.54) is 0 Å². The molecule has 0 aromatic heterocycles. The number of rotatable bonds is 5. The lowest BCUT2D eigenvalue weighted by atomic mass is 10.4. The summed E-state index contributed by atoms with van der Waals surface area (Å²) in [6.07, 6.45) is 0.665. The monoisotopic (exact) mass is 262 g/mol. The third-order valence-electron chi connectivity index (χ3n) is 2.75. The first kappa shape index (κ1) is 12.0. The maximum absolute atomic E-state index is 11.5. The molecular formula is C10H19BrN2O. The molecule has 1 aliphatic rings. The second kappa shape index (κ2) is 5.71. The van der Waals surface area contributed by atoms with E-state index in [1.807, 2.05) is 4.90 Å². The molecule has 82 valence electrons. The van der Waals surface area contributed by atoms with E-state index in [1.54, 1.807) is 0 Å². The number of halogens is 1. The molecule has 14 heavy (non-hydrogen) atoms. The molecule has 0 bridgehead atoms. The highest BCUT2D eigenvalue weighted by molar-refractivity contribution is 9.09. The van der Waals surface area contributed by atoms with Gasteiger partial charge < -0.3 is 9.80 Å². The molecule has 1 aliphatic heterocycles. The fourth-order valence-electron chi connectivity index (χ4n) is 1.74. The zero-order valence-corrected chi connectivity index (χ0v) is 10.6. The molecule has 4 heteroatoms. The normalized spacial score (nSPS) is 22.4. The van der Waals surface area contributed by atoms with Crippen LogP contribution in [0.3, 0.4) is 0 Å². The molecule has 0 aromatic rings. The molecule has 0 radical (unpaired) electrons. The molecular weight excluding hydrogens is 244 g/mol. The number of alkyl halides is 1. The van der Waals surface area contributed by atoms with E-state index < -0.39 is 0 Å². The second-order valence-electron chi connectivity index (χ2n) is 3.67. The molecule has 0 aromatic carbocycles. The minimum absolute atomic E-state index is 0.291. The molecule has 1 unspecified atom stereocenters. The Kier molecular flexibility index (Phi) is 4.89. The molecule has 1 amide bonds. The Morgan fingerprint density at radius 1 is 1.50 bits per heavy atom. The zero-order valence-electron chi connectivity index (χ0n) is 9.00. The Labute approximate surface area is 94.6 Å². The number of likely N-dealkylation sites (tertiary alicyclic amines) is 1. The fraction of sp³-hybridized carbons (Fsp3) is 0.900. The van der Waals surface area contributed by atoms with Crippen LogP contribution >= 0.6 is 15.9 Å². The summed E-state index contributed by atoms with van der Waals surface area (Å²) >= 11 is 3.48. The molecule has 1 fully saturated rings. The maximum Gasteiger partial charge on any atom is 0.223 e. The van der Waals surface area contributed by atoms with E-state index >= 15 is 0 Å². The van der Waals surface area contributed by atoms with Crippen LogP contribution in [0, 0.1) is 0 Å². The van der Waals surface area contributed by atoms with Gasteiger partial charge in [0, 0.05) is 30.9 Å². The van der Waals surface area contributed by atoms with Gasteiger partial charge in [-0.1, -0.05) is 29.8 Å². The molecule has 1 rings (SSSR count). The largest absolute Gasteiger partial charge is 0.340 e. The topological polar surface area (TPSA) is 23.6 Å². The first-order valence-corrected chi connectivity index (χ1v) is 6.23. The predicted octanol–water partition coefficient (Wildman–Crippen LogP) is 1.32. The summed E-state index contributed by atoms with van der Waals surface area (Å²) in [4.78, 5) is 16.1. The number of carbonyl (C=O) groups is 1. The van der Waals surface area contributed by atoms with E-state index in [0.717, 1.165) is 32.7 Å². The van der Waals surface area contributed by atoms with Gasteiger partial charge in [0.15, 0.2) is 0 Å². The van der Waals surface area contributed by atoms with Crippen molar-refractivity contribution in [1.82, 2.24) is 9.80 Å². The van der Waals surface area contributed by atoms with Gasteiger partial charge in [0.05, 0.1) is 0 Å². The number of likely N-dealkylation sites (N-methyl/N-ethyl adjacent to an activating group) is 1. The van der Waals surface area contributed by atoms with Crippen molar-refractivity contribution in [3.8, 4) is 0 Å². The Hall–Kier alpha value is -0.0900. The van der Waals surface area contributed by atoms with Crippen LogP contribution in [0.15, 0.2) is 0 Å². The third-order valence-corrected chi connectivity index (χ3v) is 3.36. The SMILES string of the molecule is CCN(CC)CCN1CC(Br)CC1=O. The summed E-state index contributed by atoms with van der Waals surface area (Å²) in [5.41, 5.74) is 0. The van der Waals surface area contributed by atoms with Crippen molar-refractivity contribution in [1.29, 1.82) is 0 Å². The van der Waals surface area contributed by atoms with E-state index in [0.29, 0.717) is 17.2 Å². The fourth-order valence-corrected chi connectivity index (χ4v) is 2.37. The van der Waals surface area contributed by atoms with Gasteiger partial charge in [-0.3, -0.25) is 4.79 Å². The summed E-state index contributed by atoms with van der Waals surface area (Å²) in [5.74, 6) is 0.291. The second-order valence-corrected chi connectivity index (χ2v) is 4.96. The van der Waals surface area contributed by atoms with Crippen molar-refractivity contribution < 1.29 is 4.79 Å². The van der Waals surface area contributed by atoms with Crippen LogP contribution in [0.2, 0.25) is 0 Å². The minimum Gasteiger partial charge on any atom is -0.340 e. The van der Waals surface area contributed by atoms with Gasteiger partial charge >= 0.3 is 0 Å². The molecule has 1 heterocycles. The first-order valence-electron chi connectivity index (χ1n) is 5.31. The van der Waals surface area contributed by atoms with Crippen molar-refractivity contribution in [3.05, 3.63) is 0 Å². The van der Waals surface area contributed by atoms with Gasteiger partial charge in [0.2, 0.25) is 5.91 Å². The highest BCUT2D eigenvalue weighted by atomic mass is 79.9. The van der Waals surface area contributed by atoms with Crippen LogP contribution in [0.5, 0.6) is 0 Å². The van der Waals surface area contributed by atoms with Gasteiger partial charge in [-0.2, -0.15) is 0 Å². The van der Waals surface area contributed by atoms with E-state index in [9.17, 15) is 4.79 Å². The first-order chi connectivity index (χ1) is 6.67. The van der Waals surface area contributed by atoms with Crippen molar-refractivity contribution in [2.45, 2.75) is 25.1 Å². The van der Waals surface area contributed by atoms with Gasteiger partial charge in [0.25, 0.3) is 0 Å². The smallest absolute Gasteiger partial charge is 0.223 e. The van der Waals surface area contributed by atoms with Crippen molar-refractivity contribution in [2.75, 3.05) is 32.7 Å². The van der Waals surface area contributed by atoms with Gasteiger partial charge in [0.1, 0.15) is 0 Å². The maximum atomic E-state index is 11.5. The van der Waals surface area contributed by atoms with Crippen LogP contribution in [0.1, 0.15) is 20.3 Å². The predicted molar refractivity (Wildman–Crippen MR) is 61.7 cm³/mol. The Balaban J connectivity index is 2.27. The Bertz CT molecular complexity index is 195. The number of nitrogens with zero attached hydrogens (tertiary/aromatic N) is 2. The summed E-state index contributed by atoms with van der Waals surface area (Å²) < 4.78 is 0. The minimum atomic E-state index is 0.291. The lowest BCUT2D eigenvalue weighted by Gasteiger charge is -2.22. The Morgan fingerprint density at radius 3 is 2.57 bits per heavy atom. The lowest BCUT2D eigenvalue weighted by Crippen LogP contribution is -2.35. The standard InChI is InChI=1S/C10H19BrN2O/c1-3-12(4-2)5-6-13-8-9(11)7-10(13)14/h9H,3-8H2,1-2H3. The quantitative estimate of drug-likeness (QED) is 0.698. The van der Waals surface area contributed by atoms with Crippen LogP contribution in [-0.4, -0.2) is 53.3 Å². The average molecular weight is 263 g/mol. The molecule has 0 aliphatic carbocycles. The molecule has 0 spiro atoms. The van der Waals surface area contributed by atoms with Crippen LogP contribution in [-0.2, 0) is 4.79 Å². The van der Waals surface area contributed by atoms with Crippen LogP contribution in [0.25, 0.3) is 0 Å². The molecule has 0 saturated carbocycles. The average Bonchev–Trinajstić information content (AvgIpc) is 2.47. The molecule has 1 atom stereocenters. The van der Waals surface area contributed by atoms with Crippen molar-refractivity contribution in [3.63, 3.8) is 0 Å². The van der Waals surface area contributed by atoms with Crippen LogP contribution in [0.4, 0.5) is 0 Å². The highest BCUT2D eigenvalue weighted by Gasteiger charge is 2.27. The van der Waals surface area contributed by atoms with Gasteiger partial charge in [-0.05, 0) is 13.1 Å². The van der Waals surface area contributed by atoms with E-state index in [-0.39, 0.29) is 0 Å².